The lowest BCUT2D eigenvalue weighted by atomic mass is 9.76. The van der Waals surface area contributed by atoms with Crippen molar-refractivity contribution in [1.82, 2.24) is 4.90 Å². The van der Waals surface area contributed by atoms with Crippen LogP contribution in [0.3, 0.4) is 0 Å². The smallest absolute Gasteiger partial charge is 0.314 e. The molecule has 3 rings (SSSR count). The van der Waals surface area contributed by atoms with Gasteiger partial charge in [0.05, 0.1) is 12.0 Å². The zero-order chi connectivity index (χ0) is 11.2. The molecule has 1 spiro atoms. The fraction of sp³-hybridized carbons (Fsp3) is 0.583. The van der Waals surface area contributed by atoms with Crippen LogP contribution >= 0.6 is 11.3 Å². The van der Waals surface area contributed by atoms with Crippen molar-refractivity contribution in [3.63, 3.8) is 0 Å². The maximum Gasteiger partial charge on any atom is 0.314 e. The number of thiophene rings is 1. The summed E-state index contributed by atoms with van der Waals surface area (Å²) in [6.07, 6.45) is 0.874. The van der Waals surface area contributed by atoms with E-state index in [1.54, 1.807) is 11.3 Å². The second kappa shape index (κ2) is 3.57. The molecule has 86 valence electrons. The lowest BCUT2D eigenvalue weighted by molar-refractivity contribution is -0.146. The van der Waals surface area contributed by atoms with Crippen LogP contribution < -0.4 is 0 Å². The summed E-state index contributed by atoms with van der Waals surface area (Å²) >= 11 is 1.75. The molecule has 1 aromatic rings. The molecule has 0 aliphatic carbocycles. The van der Waals surface area contributed by atoms with Crippen molar-refractivity contribution in [1.29, 1.82) is 0 Å². The van der Waals surface area contributed by atoms with Crippen molar-refractivity contribution < 1.29 is 9.53 Å². The Kier molecular flexibility index (Phi) is 2.30. The Hall–Kier alpha value is -0.870. The molecule has 16 heavy (non-hydrogen) atoms. The third-order valence-electron chi connectivity index (χ3n) is 3.79. The van der Waals surface area contributed by atoms with Crippen LogP contribution in [0.2, 0.25) is 0 Å². The summed E-state index contributed by atoms with van der Waals surface area (Å²) in [5.74, 6) is 0.336. The van der Waals surface area contributed by atoms with Gasteiger partial charge in [0.1, 0.15) is 0 Å². The number of likely N-dealkylation sites (N-methyl/N-ethyl adjacent to an activating group) is 1. The van der Waals surface area contributed by atoms with E-state index < -0.39 is 0 Å². The van der Waals surface area contributed by atoms with Crippen molar-refractivity contribution >= 4 is 17.3 Å². The molecule has 2 aliphatic heterocycles. The Morgan fingerprint density at radius 3 is 3.12 bits per heavy atom. The predicted molar refractivity (Wildman–Crippen MR) is 62.6 cm³/mol. The number of hydrogen-bond donors (Lipinski definition) is 0. The first-order chi connectivity index (χ1) is 7.72. The molecule has 3 heterocycles. The molecule has 0 amide bonds. The van der Waals surface area contributed by atoms with E-state index in [0.717, 1.165) is 19.5 Å². The minimum atomic E-state index is -0.264. The molecule has 4 heteroatoms. The minimum absolute atomic E-state index is 0.00949. The van der Waals surface area contributed by atoms with Crippen LogP contribution in [-0.2, 0) is 9.53 Å². The molecular weight excluding hydrogens is 222 g/mol. The number of likely N-dealkylation sites (tertiary alicyclic amines) is 1. The molecule has 0 unspecified atom stereocenters. The summed E-state index contributed by atoms with van der Waals surface area (Å²) in [7, 11) is 2.08. The lowest BCUT2D eigenvalue weighted by Crippen LogP contribution is -2.33. The average molecular weight is 237 g/mol. The largest absolute Gasteiger partial charge is 0.465 e. The maximum absolute atomic E-state index is 12.0. The van der Waals surface area contributed by atoms with Gasteiger partial charge in [-0.05, 0) is 24.9 Å². The standard InChI is InChI=1S/C12H15NO2S/c1-13-7-9(10-3-2-6-16-10)12(8-13)4-5-15-11(12)14/h2-3,6,9H,4-5,7-8H2,1H3/t9-,12-/m0/s1. The minimum Gasteiger partial charge on any atom is -0.465 e. The van der Waals surface area contributed by atoms with E-state index in [1.165, 1.54) is 4.88 Å². The SMILES string of the molecule is CN1C[C@@H](c2cccs2)[C@]2(CCOC2=O)C1. The van der Waals surface area contributed by atoms with Gasteiger partial charge in [-0.3, -0.25) is 4.79 Å². The number of carbonyl (C=O) groups is 1. The predicted octanol–water partition coefficient (Wildman–Crippen LogP) is 1.71. The quantitative estimate of drug-likeness (QED) is 0.696. The van der Waals surface area contributed by atoms with Crippen molar-refractivity contribution in [2.24, 2.45) is 5.41 Å². The van der Waals surface area contributed by atoms with Crippen LogP contribution in [0.25, 0.3) is 0 Å². The van der Waals surface area contributed by atoms with E-state index in [4.69, 9.17) is 4.74 Å². The van der Waals surface area contributed by atoms with Gasteiger partial charge < -0.3 is 9.64 Å². The Bertz CT molecular complexity index is 403. The van der Waals surface area contributed by atoms with Gasteiger partial charge in [-0.2, -0.15) is 0 Å². The molecule has 2 saturated heterocycles. The van der Waals surface area contributed by atoms with Crippen molar-refractivity contribution in [3.8, 4) is 0 Å². The number of rotatable bonds is 1. The second-order valence-corrected chi connectivity index (χ2v) is 5.79. The summed E-state index contributed by atoms with van der Waals surface area (Å²) in [5.41, 5.74) is -0.264. The number of carbonyl (C=O) groups excluding carboxylic acids is 1. The van der Waals surface area contributed by atoms with E-state index >= 15 is 0 Å². The molecule has 0 N–H and O–H groups in total. The monoisotopic (exact) mass is 237 g/mol. The molecular formula is C12H15NO2S. The highest BCUT2D eigenvalue weighted by molar-refractivity contribution is 7.10. The Morgan fingerprint density at radius 2 is 2.50 bits per heavy atom. The lowest BCUT2D eigenvalue weighted by Gasteiger charge is -2.24. The van der Waals surface area contributed by atoms with E-state index in [9.17, 15) is 4.79 Å². The third-order valence-corrected chi connectivity index (χ3v) is 4.77. The van der Waals surface area contributed by atoms with E-state index in [0.29, 0.717) is 12.5 Å². The molecule has 0 radical (unpaired) electrons. The number of cyclic esters (lactones) is 1. The van der Waals surface area contributed by atoms with Crippen molar-refractivity contribution in [2.45, 2.75) is 12.3 Å². The molecule has 0 bridgehead atoms. The van der Waals surface area contributed by atoms with Gasteiger partial charge in [0.2, 0.25) is 0 Å². The van der Waals surface area contributed by atoms with Gasteiger partial charge in [-0.1, -0.05) is 6.07 Å². The molecule has 2 aliphatic rings. The van der Waals surface area contributed by atoms with Crippen LogP contribution in [0.15, 0.2) is 17.5 Å². The zero-order valence-corrected chi connectivity index (χ0v) is 10.1. The van der Waals surface area contributed by atoms with Crippen LogP contribution in [0.1, 0.15) is 17.2 Å². The van der Waals surface area contributed by atoms with Gasteiger partial charge in [0.25, 0.3) is 0 Å². The van der Waals surface area contributed by atoms with Crippen LogP contribution in [0, 0.1) is 5.41 Å². The highest BCUT2D eigenvalue weighted by atomic mass is 32.1. The maximum atomic E-state index is 12.0. The van der Waals surface area contributed by atoms with Crippen LogP contribution in [0.4, 0.5) is 0 Å². The highest BCUT2D eigenvalue weighted by Gasteiger charge is 2.55. The zero-order valence-electron chi connectivity index (χ0n) is 9.31. The molecule has 0 aromatic carbocycles. The molecule has 1 aromatic heterocycles. The Balaban J connectivity index is 2.00. The fourth-order valence-corrected chi connectivity index (χ4v) is 3.96. The van der Waals surface area contributed by atoms with Gasteiger partial charge in [0, 0.05) is 23.9 Å². The number of esters is 1. The summed E-state index contributed by atoms with van der Waals surface area (Å²) in [6.45, 7) is 2.40. The van der Waals surface area contributed by atoms with Crippen molar-refractivity contribution in [2.75, 3.05) is 26.7 Å². The van der Waals surface area contributed by atoms with E-state index in [2.05, 4.69) is 29.5 Å². The first kappa shape index (κ1) is 10.3. The molecule has 2 atom stereocenters. The number of nitrogens with zero attached hydrogens (tertiary/aromatic N) is 1. The first-order valence-electron chi connectivity index (χ1n) is 5.61. The highest BCUT2D eigenvalue weighted by Crippen LogP contribution is 2.49. The number of hydrogen-bond acceptors (Lipinski definition) is 4. The van der Waals surface area contributed by atoms with Gasteiger partial charge in [-0.25, -0.2) is 0 Å². The van der Waals surface area contributed by atoms with Crippen LogP contribution in [-0.4, -0.2) is 37.6 Å². The van der Waals surface area contributed by atoms with Gasteiger partial charge in [-0.15, -0.1) is 11.3 Å². The van der Waals surface area contributed by atoms with Gasteiger partial charge in [0.15, 0.2) is 0 Å². The average Bonchev–Trinajstić information content (AvgIpc) is 2.91. The normalized spacial score (nSPS) is 34.8. The summed E-state index contributed by atoms with van der Waals surface area (Å²) in [4.78, 5) is 15.6. The summed E-state index contributed by atoms with van der Waals surface area (Å²) < 4.78 is 5.21. The van der Waals surface area contributed by atoms with E-state index in [1.807, 2.05) is 0 Å². The molecule has 2 fully saturated rings. The van der Waals surface area contributed by atoms with Crippen molar-refractivity contribution in [3.05, 3.63) is 22.4 Å². The van der Waals surface area contributed by atoms with Gasteiger partial charge >= 0.3 is 5.97 Å². The Labute approximate surface area is 99.0 Å². The molecule has 3 nitrogen and oxygen atoms in total. The fourth-order valence-electron chi connectivity index (χ4n) is 3.03. The number of ether oxygens (including phenoxy) is 1. The third kappa shape index (κ3) is 1.33. The summed E-state index contributed by atoms with van der Waals surface area (Å²) in [5, 5.41) is 2.08. The second-order valence-electron chi connectivity index (χ2n) is 4.81. The topological polar surface area (TPSA) is 29.5 Å². The van der Waals surface area contributed by atoms with E-state index in [-0.39, 0.29) is 11.4 Å². The summed E-state index contributed by atoms with van der Waals surface area (Å²) in [6, 6.07) is 4.20. The Morgan fingerprint density at radius 1 is 1.62 bits per heavy atom. The van der Waals surface area contributed by atoms with Crippen LogP contribution in [0.5, 0.6) is 0 Å². The molecule has 0 saturated carbocycles. The first-order valence-corrected chi connectivity index (χ1v) is 6.49.